The first-order chi connectivity index (χ1) is 14.7. The molecule has 1 saturated heterocycles. The summed E-state index contributed by atoms with van der Waals surface area (Å²) in [6.07, 6.45) is 1.06. The van der Waals surface area contributed by atoms with Crippen LogP contribution in [0.15, 0.2) is 54.6 Å². The molecule has 0 spiro atoms. The highest BCUT2D eigenvalue weighted by Crippen LogP contribution is 2.23. The summed E-state index contributed by atoms with van der Waals surface area (Å²) in [6.45, 7) is 1.29. The molecule has 162 valence electrons. The predicted octanol–water partition coefficient (Wildman–Crippen LogP) is 2.27. The van der Waals surface area contributed by atoms with Crippen molar-refractivity contribution in [3.8, 4) is 0 Å². The minimum Gasteiger partial charge on any atom is -0.345 e. The summed E-state index contributed by atoms with van der Waals surface area (Å²) in [7, 11) is 3.31. The van der Waals surface area contributed by atoms with E-state index in [2.05, 4.69) is 10.6 Å². The van der Waals surface area contributed by atoms with E-state index in [1.807, 2.05) is 30.3 Å². The Morgan fingerprint density at radius 3 is 2.29 bits per heavy atom. The van der Waals surface area contributed by atoms with Gasteiger partial charge in [0.15, 0.2) is 0 Å². The molecule has 2 aromatic carbocycles. The van der Waals surface area contributed by atoms with Gasteiger partial charge in [-0.05, 0) is 49.6 Å². The Labute approximate surface area is 181 Å². The maximum atomic E-state index is 12.9. The summed E-state index contributed by atoms with van der Waals surface area (Å²) < 4.78 is 0. The monoisotopic (exact) mass is 422 g/mol. The number of imide groups is 1. The maximum Gasteiger partial charge on any atom is 0.325 e. The molecule has 0 aromatic heterocycles. The number of hydrogen-bond acceptors (Lipinski definition) is 4. The van der Waals surface area contributed by atoms with Crippen molar-refractivity contribution in [2.75, 3.05) is 26.0 Å². The number of carbonyl (C=O) groups excluding carboxylic acids is 4. The van der Waals surface area contributed by atoms with Crippen LogP contribution in [0.1, 0.15) is 29.3 Å². The SMILES string of the molecule is CN(C)C(=O)c1ccc(NC(=O)CN2C(=O)N[C@@](C)(CCc3ccccc3)C2=O)cc1. The average Bonchev–Trinajstić information content (AvgIpc) is 2.96. The highest BCUT2D eigenvalue weighted by Gasteiger charge is 2.47. The number of nitrogens with one attached hydrogen (secondary N) is 2. The Morgan fingerprint density at radius 2 is 1.68 bits per heavy atom. The van der Waals surface area contributed by atoms with Crippen molar-refractivity contribution < 1.29 is 19.2 Å². The van der Waals surface area contributed by atoms with E-state index in [0.29, 0.717) is 24.1 Å². The number of urea groups is 1. The molecule has 1 atom stereocenters. The van der Waals surface area contributed by atoms with Crippen LogP contribution >= 0.6 is 0 Å². The van der Waals surface area contributed by atoms with Gasteiger partial charge < -0.3 is 15.5 Å². The molecule has 3 rings (SSSR count). The van der Waals surface area contributed by atoms with Crippen molar-refractivity contribution in [1.29, 1.82) is 0 Å². The van der Waals surface area contributed by atoms with E-state index in [9.17, 15) is 19.2 Å². The van der Waals surface area contributed by atoms with Crippen LogP contribution in [0.4, 0.5) is 10.5 Å². The van der Waals surface area contributed by atoms with E-state index in [1.54, 1.807) is 45.3 Å². The van der Waals surface area contributed by atoms with Crippen molar-refractivity contribution >= 4 is 29.4 Å². The minimum atomic E-state index is -1.05. The Balaban J connectivity index is 1.59. The van der Waals surface area contributed by atoms with Gasteiger partial charge in [0.05, 0.1) is 0 Å². The van der Waals surface area contributed by atoms with Gasteiger partial charge in [0.2, 0.25) is 5.91 Å². The van der Waals surface area contributed by atoms with Crippen molar-refractivity contribution in [2.45, 2.75) is 25.3 Å². The predicted molar refractivity (Wildman–Crippen MR) is 117 cm³/mol. The molecule has 5 amide bonds. The third-order valence-corrected chi connectivity index (χ3v) is 5.23. The van der Waals surface area contributed by atoms with Crippen molar-refractivity contribution in [1.82, 2.24) is 15.1 Å². The summed E-state index contributed by atoms with van der Waals surface area (Å²) in [6, 6.07) is 15.5. The molecule has 0 unspecified atom stereocenters. The van der Waals surface area contributed by atoms with Crippen molar-refractivity contribution in [3.63, 3.8) is 0 Å². The summed E-state index contributed by atoms with van der Waals surface area (Å²) in [5, 5.41) is 5.37. The molecule has 0 aliphatic carbocycles. The van der Waals surface area contributed by atoms with Crippen LogP contribution in [-0.2, 0) is 16.0 Å². The fraction of sp³-hybridized carbons (Fsp3) is 0.304. The van der Waals surface area contributed by atoms with E-state index >= 15 is 0 Å². The van der Waals surface area contributed by atoms with Crippen LogP contribution in [-0.4, -0.2) is 59.7 Å². The average molecular weight is 422 g/mol. The molecule has 8 heteroatoms. The van der Waals surface area contributed by atoms with Gasteiger partial charge in [0.1, 0.15) is 12.1 Å². The zero-order valence-electron chi connectivity index (χ0n) is 17.8. The molecule has 1 aliphatic rings. The summed E-state index contributed by atoms with van der Waals surface area (Å²) in [5.74, 6) is -1.06. The lowest BCUT2D eigenvalue weighted by atomic mass is 9.93. The normalized spacial score (nSPS) is 18.0. The number of nitrogens with zero attached hydrogens (tertiary/aromatic N) is 2. The molecular weight excluding hydrogens is 396 g/mol. The molecule has 0 bridgehead atoms. The standard InChI is InChI=1S/C23H26N4O4/c1-23(14-13-16-7-5-4-6-8-16)21(30)27(22(31)25-23)15-19(28)24-18-11-9-17(10-12-18)20(29)26(2)3/h4-12H,13-15H2,1-3H3,(H,24,28)(H,25,31)/t23-/m0/s1. The molecule has 1 aliphatic heterocycles. The Hall–Kier alpha value is -3.68. The van der Waals surface area contributed by atoms with Crippen LogP contribution in [0.25, 0.3) is 0 Å². The van der Waals surface area contributed by atoms with Crippen LogP contribution in [0.5, 0.6) is 0 Å². The lowest BCUT2D eigenvalue weighted by molar-refractivity contribution is -0.133. The van der Waals surface area contributed by atoms with E-state index in [0.717, 1.165) is 10.5 Å². The van der Waals surface area contributed by atoms with Gasteiger partial charge in [0.25, 0.3) is 11.8 Å². The highest BCUT2D eigenvalue weighted by atomic mass is 16.2. The number of benzene rings is 2. The second kappa shape index (κ2) is 8.99. The fourth-order valence-electron chi connectivity index (χ4n) is 3.40. The largest absolute Gasteiger partial charge is 0.345 e. The lowest BCUT2D eigenvalue weighted by Crippen LogP contribution is -2.45. The third kappa shape index (κ3) is 5.09. The van der Waals surface area contributed by atoms with Gasteiger partial charge in [0, 0.05) is 25.3 Å². The molecular formula is C23H26N4O4. The van der Waals surface area contributed by atoms with Crippen molar-refractivity contribution in [2.24, 2.45) is 0 Å². The quantitative estimate of drug-likeness (QED) is 0.669. The fourth-order valence-corrected chi connectivity index (χ4v) is 3.40. The topological polar surface area (TPSA) is 98.8 Å². The van der Waals surface area contributed by atoms with Gasteiger partial charge in [-0.25, -0.2) is 4.79 Å². The first-order valence-electron chi connectivity index (χ1n) is 9.99. The molecule has 1 heterocycles. The summed E-state index contributed by atoms with van der Waals surface area (Å²) >= 11 is 0. The van der Waals surface area contributed by atoms with Crippen LogP contribution < -0.4 is 10.6 Å². The molecule has 2 N–H and O–H groups in total. The minimum absolute atomic E-state index is 0.146. The maximum absolute atomic E-state index is 12.9. The van der Waals surface area contributed by atoms with E-state index in [1.165, 1.54) is 4.90 Å². The molecule has 1 fully saturated rings. The summed E-state index contributed by atoms with van der Waals surface area (Å²) in [5.41, 5.74) is 0.977. The van der Waals surface area contributed by atoms with E-state index < -0.39 is 23.4 Å². The second-order valence-corrected chi connectivity index (χ2v) is 7.96. The van der Waals surface area contributed by atoms with Crippen LogP contribution in [0.2, 0.25) is 0 Å². The first-order valence-corrected chi connectivity index (χ1v) is 9.99. The Bertz CT molecular complexity index is 988. The zero-order chi connectivity index (χ0) is 22.6. The molecule has 0 saturated carbocycles. The third-order valence-electron chi connectivity index (χ3n) is 5.23. The van der Waals surface area contributed by atoms with E-state index in [-0.39, 0.29) is 12.5 Å². The highest BCUT2D eigenvalue weighted by molar-refractivity contribution is 6.10. The first kappa shape index (κ1) is 22.0. The van der Waals surface area contributed by atoms with E-state index in [4.69, 9.17) is 0 Å². The second-order valence-electron chi connectivity index (χ2n) is 7.96. The number of anilines is 1. The zero-order valence-corrected chi connectivity index (χ0v) is 17.8. The van der Waals surface area contributed by atoms with Gasteiger partial charge in [-0.3, -0.25) is 19.3 Å². The van der Waals surface area contributed by atoms with Crippen LogP contribution in [0.3, 0.4) is 0 Å². The summed E-state index contributed by atoms with van der Waals surface area (Å²) in [4.78, 5) is 52.0. The molecule has 31 heavy (non-hydrogen) atoms. The molecule has 8 nitrogen and oxygen atoms in total. The van der Waals surface area contributed by atoms with Gasteiger partial charge in [-0.1, -0.05) is 30.3 Å². The van der Waals surface area contributed by atoms with Gasteiger partial charge in [-0.15, -0.1) is 0 Å². The van der Waals surface area contributed by atoms with Crippen molar-refractivity contribution in [3.05, 3.63) is 65.7 Å². The van der Waals surface area contributed by atoms with Crippen LogP contribution in [0, 0.1) is 0 Å². The number of carbonyl (C=O) groups is 4. The lowest BCUT2D eigenvalue weighted by Gasteiger charge is -2.21. The smallest absolute Gasteiger partial charge is 0.325 e. The number of aryl methyl sites for hydroxylation is 1. The van der Waals surface area contributed by atoms with Gasteiger partial charge in [-0.2, -0.15) is 0 Å². The molecule has 2 aromatic rings. The Morgan fingerprint density at radius 1 is 1.03 bits per heavy atom. The number of rotatable bonds is 7. The number of amides is 5. The van der Waals surface area contributed by atoms with Gasteiger partial charge >= 0.3 is 6.03 Å². The number of hydrogen-bond donors (Lipinski definition) is 2. The molecule has 0 radical (unpaired) electrons. The Kier molecular flexibility index (Phi) is 6.39.